The van der Waals surface area contributed by atoms with Gasteiger partial charge in [-0.1, -0.05) is 12.1 Å². The first-order valence-electron chi connectivity index (χ1n) is 10.8. The first-order chi connectivity index (χ1) is 16.0. The quantitative estimate of drug-likeness (QED) is 0.393. The topological polar surface area (TPSA) is 108 Å². The molecule has 1 fully saturated rings. The van der Waals surface area contributed by atoms with Crippen LogP contribution in [0.4, 0.5) is 0 Å². The predicted molar refractivity (Wildman–Crippen MR) is 124 cm³/mol. The lowest BCUT2D eigenvalue weighted by molar-refractivity contribution is 0.0486. The minimum atomic E-state index is -0.465. The molecule has 0 saturated carbocycles. The zero-order valence-electron chi connectivity index (χ0n) is 18.6. The Labute approximate surface area is 196 Å². The number of benzene rings is 1. The number of esters is 1. The van der Waals surface area contributed by atoms with Gasteiger partial charge in [0.15, 0.2) is 0 Å². The molecule has 0 aliphatic carbocycles. The van der Waals surface area contributed by atoms with E-state index in [0.717, 1.165) is 36.5 Å². The number of amides is 2. The molecule has 1 saturated heterocycles. The number of carbonyl (C=O) groups is 3. The average molecular weight is 476 g/mol. The van der Waals surface area contributed by atoms with Crippen LogP contribution >= 0.6 is 11.3 Å². The van der Waals surface area contributed by atoms with E-state index in [1.165, 1.54) is 7.11 Å². The van der Waals surface area contributed by atoms with Crippen molar-refractivity contribution in [2.24, 2.45) is 0 Å². The highest BCUT2D eigenvalue weighted by Gasteiger charge is 2.22. The molecule has 178 valence electrons. The highest BCUT2D eigenvalue weighted by atomic mass is 32.1. The SMILES string of the molecule is COC(=O)c1ccc(C(=O)NCc2ccc(C(=O)N3CCN(CCOCCO)CC3)cc2)s1. The Morgan fingerprint density at radius 2 is 1.70 bits per heavy atom. The highest BCUT2D eigenvalue weighted by molar-refractivity contribution is 7.15. The fourth-order valence-electron chi connectivity index (χ4n) is 3.42. The van der Waals surface area contributed by atoms with E-state index < -0.39 is 5.97 Å². The highest BCUT2D eigenvalue weighted by Crippen LogP contribution is 2.17. The maximum Gasteiger partial charge on any atom is 0.348 e. The Morgan fingerprint density at radius 1 is 1.00 bits per heavy atom. The van der Waals surface area contributed by atoms with Gasteiger partial charge in [-0.25, -0.2) is 4.79 Å². The summed E-state index contributed by atoms with van der Waals surface area (Å²) in [5.74, 6) is -0.738. The fraction of sp³-hybridized carbons (Fsp3) is 0.435. The van der Waals surface area contributed by atoms with Crippen LogP contribution in [-0.2, 0) is 16.0 Å². The Bertz CT molecular complexity index is 938. The molecular formula is C23H29N3O6S. The summed E-state index contributed by atoms with van der Waals surface area (Å²) in [6, 6.07) is 10.4. The monoisotopic (exact) mass is 475 g/mol. The first-order valence-corrected chi connectivity index (χ1v) is 11.6. The number of rotatable bonds is 10. The summed E-state index contributed by atoms with van der Waals surface area (Å²) >= 11 is 1.08. The van der Waals surface area contributed by atoms with Crippen molar-refractivity contribution in [2.45, 2.75) is 6.54 Å². The minimum absolute atomic E-state index is 0.00399. The number of hydrogen-bond acceptors (Lipinski definition) is 8. The van der Waals surface area contributed by atoms with Gasteiger partial charge in [-0.05, 0) is 29.8 Å². The Kier molecular flexibility index (Phi) is 9.37. The van der Waals surface area contributed by atoms with E-state index in [1.54, 1.807) is 24.3 Å². The first kappa shape index (κ1) is 24.8. The maximum absolute atomic E-state index is 12.8. The molecule has 0 unspecified atom stereocenters. The second-order valence-corrected chi connectivity index (χ2v) is 8.59. The Morgan fingerprint density at radius 3 is 2.36 bits per heavy atom. The summed E-state index contributed by atoms with van der Waals surface area (Å²) in [5, 5.41) is 11.6. The van der Waals surface area contributed by atoms with Gasteiger partial charge in [0, 0.05) is 44.8 Å². The van der Waals surface area contributed by atoms with Crippen molar-refractivity contribution in [3.63, 3.8) is 0 Å². The van der Waals surface area contributed by atoms with Crippen LogP contribution in [-0.4, -0.2) is 92.3 Å². The van der Waals surface area contributed by atoms with Crippen molar-refractivity contribution >= 4 is 29.1 Å². The van der Waals surface area contributed by atoms with Gasteiger partial charge in [-0.15, -0.1) is 11.3 Å². The molecule has 3 rings (SSSR count). The van der Waals surface area contributed by atoms with Crippen LogP contribution in [0.2, 0.25) is 0 Å². The number of piperazine rings is 1. The number of nitrogens with one attached hydrogen (secondary N) is 1. The zero-order valence-corrected chi connectivity index (χ0v) is 19.4. The zero-order chi connectivity index (χ0) is 23.6. The van der Waals surface area contributed by atoms with E-state index in [0.29, 0.717) is 48.2 Å². The third-order valence-corrected chi connectivity index (χ3v) is 6.38. The number of ether oxygens (including phenoxy) is 2. The summed E-state index contributed by atoms with van der Waals surface area (Å²) in [6.45, 7) is 4.95. The third kappa shape index (κ3) is 7.10. The van der Waals surface area contributed by atoms with Crippen LogP contribution in [0.5, 0.6) is 0 Å². The van der Waals surface area contributed by atoms with Crippen molar-refractivity contribution in [3.05, 3.63) is 57.3 Å². The number of carbonyl (C=O) groups excluding carboxylic acids is 3. The van der Waals surface area contributed by atoms with Crippen LogP contribution in [0.15, 0.2) is 36.4 Å². The lowest BCUT2D eigenvalue weighted by atomic mass is 10.1. The second kappa shape index (κ2) is 12.4. The molecule has 0 radical (unpaired) electrons. The summed E-state index contributed by atoms with van der Waals surface area (Å²) < 4.78 is 9.95. The van der Waals surface area contributed by atoms with E-state index in [1.807, 2.05) is 17.0 Å². The molecule has 0 spiro atoms. The van der Waals surface area contributed by atoms with Gasteiger partial charge in [-0.3, -0.25) is 14.5 Å². The van der Waals surface area contributed by atoms with E-state index in [2.05, 4.69) is 15.0 Å². The van der Waals surface area contributed by atoms with Gasteiger partial charge in [0.1, 0.15) is 4.88 Å². The molecule has 1 aromatic heterocycles. The lowest BCUT2D eigenvalue weighted by Crippen LogP contribution is -2.49. The molecule has 2 aromatic rings. The molecule has 33 heavy (non-hydrogen) atoms. The van der Waals surface area contributed by atoms with Crippen molar-refractivity contribution in [1.82, 2.24) is 15.1 Å². The number of aliphatic hydroxyl groups excluding tert-OH is 1. The van der Waals surface area contributed by atoms with Gasteiger partial charge in [0.2, 0.25) is 0 Å². The van der Waals surface area contributed by atoms with Crippen molar-refractivity contribution in [3.8, 4) is 0 Å². The molecule has 1 aromatic carbocycles. The van der Waals surface area contributed by atoms with Crippen LogP contribution in [0.3, 0.4) is 0 Å². The summed E-state index contributed by atoms with van der Waals surface area (Å²) in [7, 11) is 1.30. The van der Waals surface area contributed by atoms with E-state index in [-0.39, 0.29) is 18.4 Å². The summed E-state index contributed by atoms with van der Waals surface area (Å²) in [5.41, 5.74) is 1.49. The molecular weight excluding hydrogens is 446 g/mol. The standard InChI is InChI=1S/C23H29N3O6S/c1-31-23(30)20-7-6-19(33-20)21(28)24-16-17-2-4-18(5-3-17)22(29)26-10-8-25(9-11-26)12-14-32-15-13-27/h2-7,27H,8-16H2,1H3,(H,24,28). The number of thiophene rings is 1. The van der Waals surface area contributed by atoms with Crippen molar-refractivity contribution in [2.75, 3.05) is 59.7 Å². The number of hydrogen-bond donors (Lipinski definition) is 2. The number of nitrogens with zero attached hydrogens (tertiary/aromatic N) is 2. The van der Waals surface area contributed by atoms with Crippen LogP contribution in [0, 0.1) is 0 Å². The smallest absolute Gasteiger partial charge is 0.348 e. The lowest BCUT2D eigenvalue weighted by Gasteiger charge is -2.34. The molecule has 0 bridgehead atoms. The van der Waals surface area contributed by atoms with Gasteiger partial charge in [0.05, 0.1) is 31.8 Å². The normalized spacial score (nSPS) is 14.2. The summed E-state index contributed by atoms with van der Waals surface area (Å²) in [6.07, 6.45) is 0. The molecule has 0 atom stereocenters. The molecule has 1 aliphatic heterocycles. The van der Waals surface area contributed by atoms with Gasteiger partial charge >= 0.3 is 5.97 Å². The molecule has 1 aliphatic rings. The molecule has 9 nitrogen and oxygen atoms in total. The average Bonchev–Trinajstić information content (AvgIpc) is 3.35. The van der Waals surface area contributed by atoms with Crippen LogP contribution < -0.4 is 5.32 Å². The van der Waals surface area contributed by atoms with E-state index >= 15 is 0 Å². The Balaban J connectivity index is 1.44. The maximum atomic E-state index is 12.8. The van der Waals surface area contributed by atoms with E-state index in [9.17, 15) is 14.4 Å². The minimum Gasteiger partial charge on any atom is -0.465 e. The van der Waals surface area contributed by atoms with Crippen molar-refractivity contribution in [1.29, 1.82) is 0 Å². The second-order valence-electron chi connectivity index (χ2n) is 7.50. The molecule has 2 N–H and O–H groups in total. The molecule has 2 amide bonds. The van der Waals surface area contributed by atoms with Crippen LogP contribution in [0.1, 0.15) is 35.3 Å². The third-order valence-electron chi connectivity index (χ3n) is 5.32. The number of aliphatic hydroxyl groups is 1. The van der Waals surface area contributed by atoms with Gasteiger partial charge in [-0.2, -0.15) is 0 Å². The fourth-order valence-corrected chi connectivity index (χ4v) is 4.26. The van der Waals surface area contributed by atoms with E-state index in [4.69, 9.17) is 9.84 Å². The summed E-state index contributed by atoms with van der Waals surface area (Å²) in [4.78, 5) is 41.5. The van der Waals surface area contributed by atoms with Gasteiger partial charge in [0.25, 0.3) is 11.8 Å². The number of methoxy groups -OCH3 is 1. The molecule has 10 heteroatoms. The Hall–Kier alpha value is -2.79. The largest absolute Gasteiger partial charge is 0.465 e. The van der Waals surface area contributed by atoms with Gasteiger partial charge < -0.3 is 24.8 Å². The van der Waals surface area contributed by atoms with Crippen LogP contribution in [0.25, 0.3) is 0 Å². The molecule has 2 heterocycles. The van der Waals surface area contributed by atoms with Crippen molar-refractivity contribution < 1.29 is 29.0 Å². The predicted octanol–water partition coefficient (Wildman–Crippen LogP) is 1.23.